The molecule has 1 saturated carbocycles. The highest BCUT2D eigenvalue weighted by Gasteiger charge is 2.47. The summed E-state index contributed by atoms with van der Waals surface area (Å²) in [6.45, 7) is 3.86. The number of ketones is 1. The summed E-state index contributed by atoms with van der Waals surface area (Å²) in [5.41, 5.74) is 7.71. The molecule has 0 unspecified atom stereocenters. The largest absolute Gasteiger partial charge is 0.496 e. The molecule has 0 atom stereocenters. The van der Waals surface area contributed by atoms with Crippen LogP contribution in [0.2, 0.25) is 0 Å². The molecular weight excluding hydrogens is 230 g/mol. The van der Waals surface area contributed by atoms with Gasteiger partial charge in [-0.05, 0) is 43.9 Å². The number of rotatable bonds is 4. The molecule has 2 N–H and O–H groups in total. The molecule has 0 aliphatic heterocycles. The average molecular weight is 249 g/mol. The lowest BCUT2D eigenvalue weighted by molar-refractivity contribution is 0.0945. The van der Waals surface area contributed by atoms with Gasteiger partial charge in [-0.3, -0.25) is 4.79 Å². The molecule has 18 heavy (non-hydrogen) atoms. The lowest BCUT2D eigenvalue weighted by Crippen LogP contribution is -2.33. The van der Waals surface area contributed by atoms with Crippen molar-refractivity contribution in [3.8, 4) is 11.5 Å². The second-order valence-corrected chi connectivity index (χ2v) is 4.89. The van der Waals surface area contributed by atoms with Crippen LogP contribution in [0, 0.1) is 13.8 Å². The van der Waals surface area contributed by atoms with Crippen LogP contribution in [0.15, 0.2) is 6.07 Å². The van der Waals surface area contributed by atoms with Crippen LogP contribution in [-0.4, -0.2) is 25.5 Å². The minimum Gasteiger partial charge on any atom is -0.496 e. The first-order valence-electron chi connectivity index (χ1n) is 6.00. The molecule has 4 heteroatoms. The maximum absolute atomic E-state index is 12.4. The second-order valence-electron chi connectivity index (χ2n) is 4.89. The minimum atomic E-state index is -0.694. The van der Waals surface area contributed by atoms with Crippen molar-refractivity contribution >= 4 is 5.78 Å². The van der Waals surface area contributed by atoms with Crippen molar-refractivity contribution in [2.45, 2.75) is 32.2 Å². The van der Waals surface area contributed by atoms with Gasteiger partial charge in [0.05, 0.1) is 25.3 Å². The zero-order valence-corrected chi connectivity index (χ0v) is 11.3. The quantitative estimate of drug-likeness (QED) is 0.829. The molecule has 98 valence electrons. The fourth-order valence-electron chi connectivity index (χ4n) is 2.14. The van der Waals surface area contributed by atoms with Gasteiger partial charge in [-0.2, -0.15) is 0 Å². The summed E-state index contributed by atoms with van der Waals surface area (Å²) in [7, 11) is 3.17. The molecule has 0 aromatic heterocycles. The Balaban J connectivity index is 2.58. The fraction of sp³-hybridized carbons (Fsp3) is 0.500. The fourth-order valence-corrected chi connectivity index (χ4v) is 2.14. The van der Waals surface area contributed by atoms with Crippen molar-refractivity contribution in [3.63, 3.8) is 0 Å². The van der Waals surface area contributed by atoms with E-state index in [0.29, 0.717) is 17.1 Å². The van der Waals surface area contributed by atoms with Gasteiger partial charge in [0.1, 0.15) is 11.5 Å². The average Bonchev–Trinajstić information content (AvgIpc) is 3.11. The topological polar surface area (TPSA) is 61.5 Å². The van der Waals surface area contributed by atoms with Gasteiger partial charge >= 0.3 is 0 Å². The highest BCUT2D eigenvalue weighted by Crippen LogP contribution is 2.41. The van der Waals surface area contributed by atoms with Crippen molar-refractivity contribution in [1.29, 1.82) is 0 Å². The normalized spacial score (nSPS) is 16.3. The van der Waals surface area contributed by atoms with Crippen molar-refractivity contribution in [2.75, 3.05) is 14.2 Å². The Labute approximate surface area is 107 Å². The Kier molecular flexibility index (Phi) is 3.07. The van der Waals surface area contributed by atoms with E-state index in [0.717, 1.165) is 24.0 Å². The highest BCUT2D eigenvalue weighted by atomic mass is 16.5. The number of methoxy groups -OCH3 is 2. The molecule has 1 aliphatic rings. The first-order valence-corrected chi connectivity index (χ1v) is 6.00. The van der Waals surface area contributed by atoms with Gasteiger partial charge in [0.25, 0.3) is 0 Å². The van der Waals surface area contributed by atoms with Crippen molar-refractivity contribution in [3.05, 3.63) is 22.8 Å². The third-order valence-corrected chi connectivity index (χ3v) is 3.70. The van der Waals surface area contributed by atoms with Gasteiger partial charge in [0.2, 0.25) is 0 Å². The number of hydrogen-bond donors (Lipinski definition) is 1. The molecule has 1 fully saturated rings. The summed E-state index contributed by atoms with van der Waals surface area (Å²) >= 11 is 0. The number of carbonyl (C=O) groups excluding carboxylic acids is 1. The standard InChI is InChI=1S/C14H19NO3/c1-8-9(2)12(18-4)10(7-11(8)17-3)13(16)14(15)5-6-14/h7H,5-6,15H2,1-4H3. The van der Waals surface area contributed by atoms with Gasteiger partial charge in [-0.25, -0.2) is 0 Å². The number of carbonyl (C=O) groups is 1. The molecule has 2 rings (SSSR count). The van der Waals surface area contributed by atoms with Gasteiger partial charge in [-0.15, -0.1) is 0 Å². The first-order chi connectivity index (χ1) is 8.44. The maximum atomic E-state index is 12.4. The van der Waals surface area contributed by atoms with E-state index in [-0.39, 0.29) is 5.78 Å². The van der Waals surface area contributed by atoms with E-state index in [2.05, 4.69) is 0 Å². The van der Waals surface area contributed by atoms with Crippen LogP contribution >= 0.6 is 0 Å². The predicted octanol–water partition coefficient (Wildman–Crippen LogP) is 1.99. The number of benzene rings is 1. The third kappa shape index (κ3) is 1.86. The van der Waals surface area contributed by atoms with Gasteiger partial charge in [0, 0.05) is 0 Å². The number of hydrogen-bond acceptors (Lipinski definition) is 4. The van der Waals surface area contributed by atoms with Crippen molar-refractivity contribution in [1.82, 2.24) is 0 Å². The Morgan fingerprint density at radius 3 is 2.28 bits per heavy atom. The van der Waals surface area contributed by atoms with E-state index in [1.165, 1.54) is 0 Å². The minimum absolute atomic E-state index is 0.0549. The smallest absolute Gasteiger partial charge is 0.186 e. The van der Waals surface area contributed by atoms with E-state index < -0.39 is 5.54 Å². The SMILES string of the molecule is COc1cc(C(=O)C2(N)CC2)c(OC)c(C)c1C. The number of Topliss-reactive ketones (excluding diaryl/α,β-unsaturated/α-hetero) is 1. The van der Waals surface area contributed by atoms with Gasteiger partial charge in [-0.1, -0.05) is 0 Å². The van der Waals surface area contributed by atoms with Crippen molar-refractivity contribution in [2.24, 2.45) is 5.73 Å². The van der Waals surface area contributed by atoms with Crippen LogP contribution in [0.1, 0.15) is 34.3 Å². The summed E-state index contributed by atoms with van der Waals surface area (Å²) in [4.78, 5) is 12.4. The lowest BCUT2D eigenvalue weighted by Gasteiger charge is -2.18. The highest BCUT2D eigenvalue weighted by molar-refractivity contribution is 6.07. The number of nitrogens with two attached hydrogens (primary N) is 1. The summed E-state index contributed by atoms with van der Waals surface area (Å²) < 4.78 is 10.7. The summed E-state index contributed by atoms with van der Waals surface area (Å²) in [6.07, 6.45) is 1.48. The van der Waals surface area contributed by atoms with E-state index in [1.54, 1.807) is 20.3 Å². The maximum Gasteiger partial charge on any atom is 0.186 e. The second kappa shape index (κ2) is 4.28. The molecule has 1 aromatic carbocycles. The molecule has 0 spiro atoms. The third-order valence-electron chi connectivity index (χ3n) is 3.70. The summed E-state index contributed by atoms with van der Waals surface area (Å²) in [5, 5.41) is 0. The van der Waals surface area contributed by atoms with Crippen LogP contribution in [0.25, 0.3) is 0 Å². The molecule has 1 aliphatic carbocycles. The molecule has 1 aromatic rings. The van der Waals surface area contributed by atoms with E-state index in [1.807, 2.05) is 13.8 Å². The van der Waals surface area contributed by atoms with Crippen molar-refractivity contribution < 1.29 is 14.3 Å². The van der Waals surface area contributed by atoms with Gasteiger partial charge < -0.3 is 15.2 Å². The van der Waals surface area contributed by atoms with Crippen LogP contribution in [0.5, 0.6) is 11.5 Å². The molecule has 0 radical (unpaired) electrons. The summed E-state index contributed by atoms with van der Waals surface area (Å²) in [5.74, 6) is 1.25. The zero-order valence-electron chi connectivity index (χ0n) is 11.3. The Hall–Kier alpha value is -1.55. The van der Waals surface area contributed by atoms with E-state index >= 15 is 0 Å². The molecule has 4 nitrogen and oxygen atoms in total. The van der Waals surface area contributed by atoms with Gasteiger partial charge in [0.15, 0.2) is 5.78 Å². The lowest BCUT2D eigenvalue weighted by atomic mass is 9.96. The van der Waals surface area contributed by atoms with E-state index in [4.69, 9.17) is 15.2 Å². The molecule has 0 heterocycles. The van der Waals surface area contributed by atoms with Crippen LogP contribution in [0.3, 0.4) is 0 Å². The molecular formula is C14H19NO3. The monoisotopic (exact) mass is 249 g/mol. The number of ether oxygens (including phenoxy) is 2. The molecule has 0 saturated heterocycles. The zero-order chi connectivity index (χ0) is 13.5. The Bertz CT molecular complexity index is 504. The molecule has 0 amide bonds. The first kappa shape index (κ1) is 12.9. The Morgan fingerprint density at radius 2 is 1.83 bits per heavy atom. The Morgan fingerprint density at radius 1 is 1.22 bits per heavy atom. The predicted molar refractivity (Wildman–Crippen MR) is 69.5 cm³/mol. The van der Waals surface area contributed by atoms with E-state index in [9.17, 15) is 4.79 Å². The molecule has 0 bridgehead atoms. The van der Waals surface area contributed by atoms with Crippen LogP contribution in [-0.2, 0) is 0 Å². The van der Waals surface area contributed by atoms with Crippen LogP contribution in [0.4, 0.5) is 0 Å². The summed E-state index contributed by atoms with van der Waals surface area (Å²) in [6, 6.07) is 1.73. The van der Waals surface area contributed by atoms with Crippen LogP contribution < -0.4 is 15.2 Å².